The zero-order chi connectivity index (χ0) is 41.3. The van der Waals surface area contributed by atoms with Crippen LogP contribution in [0.3, 0.4) is 0 Å². The van der Waals surface area contributed by atoms with Gasteiger partial charge < -0.3 is 27.8 Å². The Morgan fingerprint density at radius 2 is 1.61 bits per heavy atom. The van der Waals surface area contributed by atoms with Crippen LogP contribution in [0.1, 0.15) is 118 Å². The van der Waals surface area contributed by atoms with Gasteiger partial charge in [0.15, 0.2) is 0 Å². The highest BCUT2D eigenvalue weighted by atomic mass is 28.4. The topological polar surface area (TPSA) is 106 Å². The van der Waals surface area contributed by atoms with Gasteiger partial charge in [-0.3, -0.25) is 9.59 Å². The number of aromatic nitrogens is 1. The molecule has 0 unspecified atom stereocenters. The van der Waals surface area contributed by atoms with Crippen LogP contribution in [0.15, 0.2) is 101 Å². The van der Waals surface area contributed by atoms with Crippen LogP contribution in [0.25, 0.3) is 6.08 Å². The van der Waals surface area contributed by atoms with Crippen LogP contribution in [0.4, 0.5) is 0 Å². The quantitative estimate of drug-likeness (QED) is 0.119. The largest absolute Gasteiger partial charge is 0.455 e. The minimum absolute atomic E-state index is 0.0574. The van der Waals surface area contributed by atoms with E-state index in [1.54, 1.807) is 13.4 Å². The predicted molar refractivity (Wildman–Crippen MR) is 226 cm³/mol. The first-order valence-electron chi connectivity index (χ1n) is 20.5. The van der Waals surface area contributed by atoms with Gasteiger partial charge in [-0.1, -0.05) is 107 Å². The normalized spacial score (nSPS) is 26.2. The number of hydrogen-bond donors (Lipinski definition) is 0. The fraction of sp³-hybridized carbons (Fsp3) is 0.511. The molecule has 3 heterocycles. The highest BCUT2D eigenvalue weighted by molar-refractivity contribution is 6.99. The molecule has 0 saturated carbocycles. The number of oxazole rings is 1. The Morgan fingerprint density at radius 3 is 2.21 bits per heavy atom. The van der Waals surface area contributed by atoms with E-state index in [-0.39, 0.29) is 41.3 Å². The van der Waals surface area contributed by atoms with Gasteiger partial charge >= 0.3 is 11.9 Å². The molecule has 1 fully saturated rings. The Labute approximate surface area is 341 Å². The van der Waals surface area contributed by atoms with Crippen molar-refractivity contribution in [1.82, 2.24) is 4.98 Å². The lowest BCUT2D eigenvalue weighted by Crippen LogP contribution is -2.67. The summed E-state index contributed by atoms with van der Waals surface area (Å²) in [5.74, 6) is -0.686. The first-order valence-corrected chi connectivity index (χ1v) is 22.4. The number of methoxy groups -OCH3 is 1. The monoisotopic (exact) mass is 797 g/mol. The van der Waals surface area contributed by atoms with Crippen molar-refractivity contribution < 1.29 is 37.4 Å². The van der Waals surface area contributed by atoms with E-state index in [1.165, 1.54) is 17.3 Å². The summed E-state index contributed by atoms with van der Waals surface area (Å²) in [6.45, 7) is 20.3. The van der Waals surface area contributed by atoms with Crippen LogP contribution >= 0.6 is 0 Å². The number of benzene rings is 2. The molecule has 5 rings (SSSR count). The van der Waals surface area contributed by atoms with E-state index < -0.39 is 26.3 Å². The fourth-order valence-electron chi connectivity index (χ4n) is 8.17. The first kappa shape index (κ1) is 44.0. The number of carbonyl (C=O) groups excluding carboxylic acids is 2. The standard InChI is InChI=1S/C47H63NO8Si/c1-31-24-37-18-17-19-38(56-57(47(7,8)9,40-20-13-11-14-21-40)41-22-15-12-16-23-41)28-44(42-30-52-45(48-42)27-32(2)35(5)51-10)55-46(50)34(4)26-33(3)43(53-36(6)49)29-39(25-31)54-37/h11-16,20-23,27,29-30,33-35,37-39,44H,1,17-19,24-26,28H2,2-10H3/b32-27-,43-29+/t33-,34-,35+,37+,38-,39+,44-/m0/s1. The van der Waals surface area contributed by atoms with Gasteiger partial charge in [0.25, 0.3) is 8.32 Å². The number of cyclic esters (lactones) is 1. The Bertz CT molecular complexity index is 1820. The molecule has 9 nitrogen and oxygen atoms in total. The van der Waals surface area contributed by atoms with Gasteiger partial charge in [0, 0.05) is 38.6 Å². The van der Waals surface area contributed by atoms with E-state index in [1.807, 2.05) is 52.0 Å². The molecule has 0 aliphatic carbocycles. The van der Waals surface area contributed by atoms with E-state index in [0.717, 1.165) is 30.4 Å². The number of esters is 2. The molecule has 1 aromatic heterocycles. The van der Waals surface area contributed by atoms with Crippen LogP contribution < -0.4 is 10.4 Å². The molecule has 0 radical (unpaired) electrons. The average molecular weight is 798 g/mol. The third-order valence-electron chi connectivity index (χ3n) is 11.3. The minimum atomic E-state index is -3.02. The molecule has 1 saturated heterocycles. The van der Waals surface area contributed by atoms with E-state index in [4.69, 9.17) is 32.8 Å². The number of allylic oxidation sites excluding steroid dienone is 1. The van der Waals surface area contributed by atoms with E-state index >= 15 is 0 Å². The number of hydrogen-bond acceptors (Lipinski definition) is 9. The minimum Gasteiger partial charge on any atom is -0.455 e. The molecule has 57 heavy (non-hydrogen) atoms. The molecule has 3 aromatic rings. The number of rotatable bonds is 9. The Morgan fingerprint density at radius 1 is 0.965 bits per heavy atom. The Hall–Kier alpha value is -4.09. The number of fused-ring (bicyclic) bond motifs is 2. The maximum absolute atomic E-state index is 14.2. The summed E-state index contributed by atoms with van der Waals surface area (Å²) < 4.78 is 38.2. The van der Waals surface area contributed by atoms with Gasteiger partial charge in [-0.15, -0.1) is 0 Å². The second kappa shape index (κ2) is 19.6. The van der Waals surface area contributed by atoms with Crippen molar-refractivity contribution >= 4 is 36.7 Å². The van der Waals surface area contributed by atoms with Crippen LogP contribution in [0.2, 0.25) is 5.04 Å². The maximum atomic E-state index is 14.2. The first-order chi connectivity index (χ1) is 27.1. The van der Waals surface area contributed by atoms with E-state index in [9.17, 15) is 9.59 Å². The second-order valence-electron chi connectivity index (χ2n) is 17.0. The second-order valence-corrected chi connectivity index (χ2v) is 21.3. The Balaban J connectivity index is 1.61. The zero-order valence-corrected chi connectivity index (χ0v) is 36.4. The van der Waals surface area contributed by atoms with Gasteiger partial charge in [0.05, 0.1) is 24.2 Å². The van der Waals surface area contributed by atoms with E-state index in [2.05, 4.69) is 75.9 Å². The summed E-state index contributed by atoms with van der Waals surface area (Å²) in [6, 6.07) is 21.2. The summed E-state index contributed by atoms with van der Waals surface area (Å²) in [6.07, 6.45) is 8.19. The molecule has 2 bridgehead atoms. The third kappa shape index (κ3) is 11.3. The van der Waals surface area contributed by atoms with Gasteiger partial charge in [-0.25, -0.2) is 4.98 Å². The molecule has 0 amide bonds. The van der Waals surface area contributed by atoms with Crippen molar-refractivity contribution in [2.24, 2.45) is 11.8 Å². The van der Waals surface area contributed by atoms with Gasteiger partial charge in [-0.05, 0) is 79.4 Å². The predicted octanol–water partition coefficient (Wildman–Crippen LogP) is 9.43. The third-order valence-corrected chi connectivity index (χ3v) is 16.4. The highest BCUT2D eigenvalue weighted by Crippen LogP contribution is 2.40. The lowest BCUT2D eigenvalue weighted by Gasteiger charge is -2.45. The summed E-state index contributed by atoms with van der Waals surface area (Å²) in [5.41, 5.74) is 2.56. The van der Waals surface area contributed by atoms with Crippen molar-refractivity contribution in [2.75, 3.05) is 7.11 Å². The van der Waals surface area contributed by atoms with Crippen molar-refractivity contribution in [3.05, 3.63) is 108 Å². The summed E-state index contributed by atoms with van der Waals surface area (Å²) >= 11 is 0. The van der Waals surface area contributed by atoms with Crippen LogP contribution in [-0.2, 0) is 33.0 Å². The zero-order valence-electron chi connectivity index (χ0n) is 35.4. The molecule has 0 spiro atoms. The van der Waals surface area contributed by atoms with Gasteiger partial charge in [-0.2, -0.15) is 0 Å². The molecular formula is C47H63NO8Si. The number of carbonyl (C=O) groups is 2. The molecular weight excluding hydrogens is 735 g/mol. The average Bonchev–Trinajstić information content (AvgIpc) is 3.63. The van der Waals surface area contributed by atoms with Crippen molar-refractivity contribution in [1.29, 1.82) is 0 Å². The molecule has 308 valence electrons. The molecule has 0 N–H and O–H groups in total. The lowest BCUT2D eigenvalue weighted by molar-refractivity contribution is -0.156. The summed E-state index contributed by atoms with van der Waals surface area (Å²) in [5, 5.41) is 2.08. The van der Waals surface area contributed by atoms with E-state index in [0.29, 0.717) is 43.0 Å². The fourth-order valence-corrected chi connectivity index (χ4v) is 12.9. The smallest absolute Gasteiger partial charge is 0.309 e. The van der Waals surface area contributed by atoms with Crippen LogP contribution in [-0.4, -0.2) is 56.8 Å². The molecule has 10 heteroatoms. The van der Waals surface area contributed by atoms with Crippen LogP contribution in [0, 0.1) is 11.8 Å². The molecule has 7 atom stereocenters. The lowest BCUT2D eigenvalue weighted by atomic mass is 9.91. The van der Waals surface area contributed by atoms with Gasteiger partial charge in [0.2, 0.25) is 5.89 Å². The number of ether oxygens (including phenoxy) is 4. The van der Waals surface area contributed by atoms with Gasteiger partial charge in [0.1, 0.15) is 23.8 Å². The Kier molecular flexibility index (Phi) is 15.1. The summed E-state index contributed by atoms with van der Waals surface area (Å²) in [7, 11) is -1.36. The maximum Gasteiger partial charge on any atom is 0.309 e. The van der Waals surface area contributed by atoms with Crippen molar-refractivity contribution in [2.45, 2.75) is 136 Å². The molecule has 2 aliphatic rings. The number of nitrogens with zero attached hydrogens (tertiary/aromatic N) is 1. The summed E-state index contributed by atoms with van der Waals surface area (Å²) in [4.78, 5) is 31.3. The molecule has 2 aromatic carbocycles. The highest BCUT2D eigenvalue weighted by Gasteiger charge is 2.51. The van der Waals surface area contributed by atoms with Crippen LogP contribution in [0.5, 0.6) is 0 Å². The van der Waals surface area contributed by atoms with Crippen molar-refractivity contribution in [3.63, 3.8) is 0 Å². The molecule has 2 aliphatic heterocycles. The SMILES string of the molecule is C=C1C[C@H]2CCC[C@H](O[Si](c3ccccc3)(c3ccccc3)C(C)(C)C)C[C@@H](c3coc(/C=C(/C)[C@@H](C)OC)n3)OC(=O)[C@@H](C)C[C@H](C)/C(OC(C)=O)=C\[C@@H](C1)O2. The van der Waals surface area contributed by atoms with Crippen molar-refractivity contribution in [3.8, 4) is 0 Å².